The van der Waals surface area contributed by atoms with Gasteiger partial charge < -0.3 is 5.32 Å². The minimum absolute atomic E-state index is 0.110. The third kappa shape index (κ3) is 3.42. The molecule has 0 saturated carbocycles. The molecule has 1 heterocycles. The highest BCUT2D eigenvalue weighted by Gasteiger charge is 2.09. The fourth-order valence-electron chi connectivity index (χ4n) is 0.980. The highest BCUT2D eigenvalue weighted by atomic mass is 79.9. The van der Waals surface area contributed by atoms with Gasteiger partial charge in [0.2, 0.25) is 5.91 Å². The van der Waals surface area contributed by atoms with Gasteiger partial charge in [-0.2, -0.15) is 0 Å². The highest BCUT2D eigenvalue weighted by Crippen LogP contribution is 2.19. The van der Waals surface area contributed by atoms with E-state index in [1.165, 1.54) is 4.88 Å². The van der Waals surface area contributed by atoms with E-state index in [2.05, 4.69) is 21.2 Å². The molecule has 1 aromatic rings. The van der Waals surface area contributed by atoms with Crippen molar-refractivity contribution in [3.63, 3.8) is 0 Å². The van der Waals surface area contributed by atoms with Crippen LogP contribution in [-0.4, -0.2) is 5.91 Å². The number of halogens is 1. The molecule has 0 spiro atoms. The Morgan fingerprint density at radius 1 is 1.71 bits per heavy atom. The van der Waals surface area contributed by atoms with Gasteiger partial charge in [-0.15, -0.1) is 11.3 Å². The fourth-order valence-corrected chi connectivity index (χ4v) is 2.37. The van der Waals surface area contributed by atoms with Crippen LogP contribution >= 0.6 is 27.3 Å². The van der Waals surface area contributed by atoms with Gasteiger partial charge in [-0.05, 0) is 28.4 Å². The monoisotopic (exact) mass is 275 g/mol. The summed E-state index contributed by atoms with van der Waals surface area (Å²) < 4.78 is 1.08. The quantitative estimate of drug-likeness (QED) is 0.899. The van der Waals surface area contributed by atoms with Gasteiger partial charge in [0.05, 0.1) is 6.54 Å². The molecule has 1 atom stereocenters. The largest absolute Gasteiger partial charge is 0.351 e. The molecule has 1 amide bonds. The maximum Gasteiger partial charge on any atom is 0.223 e. The number of carbonyl (C=O) groups excluding carboxylic acids is 1. The van der Waals surface area contributed by atoms with Crippen molar-refractivity contribution in [2.24, 2.45) is 5.92 Å². The van der Waals surface area contributed by atoms with E-state index in [-0.39, 0.29) is 11.8 Å². The number of hydrogen-bond donors (Lipinski definition) is 1. The molecule has 0 fully saturated rings. The molecule has 0 aliphatic heterocycles. The topological polar surface area (TPSA) is 29.1 Å². The second-order valence-electron chi connectivity index (χ2n) is 3.26. The lowest BCUT2D eigenvalue weighted by molar-refractivity contribution is -0.124. The second kappa shape index (κ2) is 5.51. The summed E-state index contributed by atoms with van der Waals surface area (Å²) in [5.41, 5.74) is 0. The number of rotatable bonds is 4. The van der Waals surface area contributed by atoms with Crippen LogP contribution in [-0.2, 0) is 11.3 Å². The molecule has 1 rings (SSSR count). The first-order valence-corrected chi connectivity index (χ1v) is 6.31. The minimum Gasteiger partial charge on any atom is -0.351 e. The fraction of sp³-hybridized carbons (Fsp3) is 0.500. The predicted octanol–water partition coefficient (Wildman–Crippen LogP) is 3.17. The first-order chi connectivity index (χ1) is 6.63. The van der Waals surface area contributed by atoms with Gasteiger partial charge in [0.15, 0.2) is 0 Å². The molecule has 0 saturated heterocycles. The number of amides is 1. The van der Waals surface area contributed by atoms with Gasteiger partial charge in [0.1, 0.15) is 0 Å². The average molecular weight is 276 g/mol. The van der Waals surface area contributed by atoms with Crippen molar-refractivity contribution < 1.29 is 4.79 Å². The van der Waals surface area contributed by atoms with E-state index < -0.39 is 0 Å². The molecule has 1 N–H and O–H groups in total. The summed E-state index contributed by atoms with van der Waals surface area (Å²) in [6.07, 6.45) is 0.889. The summed E-state index contributed by atoms with van der Waals surface area (Å²) in [5.74, 6) is 0.246. The molecule has 78 valence electrons. The lowest BCUT2D eigenvalue weighted by Gasteiger charge is -2.08. The summed E-state index contributed by atoms with van der Waals surface area (Å²) in [7, 11) is 0. The summed E-state index contributed by atoms with van der Waals surface area (Å²) in [4.78, 5) is 12.6. The zero-order valence-electron chi connectivity index (χ0n) is 8.34. The molecule has 0 aliphatic carbocycles. The summed E-state index contributed by atoms with van der Waals surface area (Å²) in [5, 5.41) is 4.93. The van der Waals surface area contributed by atoms with E-state index in [4.69, 9.17) is 0 Å². The van der Waals surface area contributed by atoms with Gasteiger partial charge >= 0.3 is 0 Å². The number of carbonyl (C=O) groups is 1. The van der Waals surface area contributed by atoms with E-state index in [0.717, 1.165) is 10.9 Å². The van der Waals surface area contributed by atoms with Gasteiger partial charge in [-0.3, -0.25) is 4.79 Å². The van der Waals surface area contributed by atoms with Crippen molar-refractivity contribution in [3.8, 4) is 0 Å². The van der Waals surface area contributed by atoms with Gasteiger partial charge in [0, 0.05) is 20.6 Å². The Morgan fingerprint density at radius 2 is 2.43 bits per heavy atom. The Hall–Kier alpha value is -0.350. The SMILES string of the molecule is CCC(C)C(=O)NCc1cc(Br)cs1. The summed E-state index contributed by atoms with van der Waals surface area (Å²) in [6, 6.07) is 2.03. The van der Waals surface area contributed by atoms with Crippen LogP contribution in [0, 0.1) is 5.92 Å². The molecule has 4 heteroatoms. The first-order valence-electron chi connectivity index (χ1n) is 4.64. The van der Waals surface area contributed by atoms with Crippen LogP contribution in [0.2, 0.25) is 0 Å². The van der Waals surface area contributed by atoms with Crippen molar-refractivity contribution >= 4 is 33.2 Å². The number of thiophene rings is 1. The van der Waals surface area contributed by atoms with Crippen LogP contribution in [0.15, 0.2) is 15.9 Å². The molecular formula is C10H14BrNOS. The van der Waals surface area contributed by atoms with E-state index in [9.17, 15) is 4.79 Å². The number of nitrogens with one attached hydrogen (secondary N) is 1. The van der Waals surface area contributed by atoms with Gasteiger partial charge in [0.25, 0.3) is 0 Å². The third-order valence-electron chi connectivity index (χ3n) is 2.12. The molecule has 2 nitrogen and oxygen atoms in total. The Bertz CT molecular complexity index is 311. The van der Waals surface area contributed by atoms with Crippen LogP contribution < -0.4 is 5.32 Å². The summed E-state index contributed by atoms with van der Waals surface area (Å²) >= 11 is 5.03. The Kier molecular flexibility index (Phi) is 4.62. The maximum atomic E-state index is 11.4. The van der Waals surface area contributed by atoms with Crippen LogP contribution in [0.4, 0.5) is 0 Å². The van der Waals surface area contributed by atoms with Crippen molar-refractivity contribution in [1.82, 2.24) is 5.32 Å². The Morgan fingerprint density at radius 3 is 2.93 bits per heavy atom. The van der Waals surface area contributed by atoms with Crippen LogP contribution in [0.3, 0.4) is 0 Å². The van der Waals surface area contributed by atoms with E-state index in [0.29, 0.717) is 6.54 Å². The molecule has 0 bridgehead atoms. The average Bonchev–Trinajstić information content (AvgIpc) is 2.59. The minimum atomic E-state index is 0.110. The third-order valence-corrected chi connectivity index (χ3v) is 3.82. The van der Waals surface area contributed by atoms with Crippen LogP contribution in [0.1, 0.15) is 25.1 Å². The van der Waals surface area contributed by atoms with E-state index in [1.807, 2.05) is 25.3 Å². The Labute approximate surface area is 96.8 Å². The van der Waals surface area contributed by atoms with Crippen molar-refractivity contribution in [1.29, 1.82) is 0 Å². The van der Waals surface area contributed by atoms with Gasteiger partial charge in [-0.25, -0.2) is 0 Å². The standard InChI is InChI=1S/C10H14BrNOS/c1-3-7(2)10(13)12-5-9-4-8(11)6-14-9/h4,6-7H,3,5H2,1-2H3,(H,12,13). The maximum absolute atomic E-state index is 11.4. The molecule has 14 heavy (non-hydrogen) atoms. The van der Waals surface area contributed by atoms with Gasteiger partial charge in [-0.1, -0.05) is 13.8 Å². The zero-order chi connectivity index (χ0) is 10.6. The van der Waals surface area contributed by atoms with Crippen molar-refractivity contribution in [3.05, 3.63) is 20.8 Å². The van der Waals surface area contributed by atoms with Crippen LogP contribution in [0.25, 0.3) is 0 Å². The van der Waals surface area contributed by atoms with E-state index in [1.54, 1.807) is 11.3 Å². The first kappa shape index (κ1) is 11.7. The van der Waals surface area contributed by atoms with Crippen molar-refractivity contribution in [2.45, 2.75) is 26.8 Å². The smallest absolute Gasteiger partial charge is 0.223 e. The second-order valence-corrected chi connectivity index (χ2v) is 5.17. The molecule has 1 aromatic heterocycles. The highest BCUT2D eigenvalue weighted by molar-refractivity contribution is 9.10. The number of hydrogen-bond acceptors (Lipinski definition) is 2. The predicted molar refractivity (Wildman–Crippen MR) is 63.3 cm³/mol. The summed E-state index contributed by atoms with van der Waals surface area (Å²) in [6.45, 7) is 4.60. The molecular weight excluding hydrogens is 262 g/mol. The van der Waals surface area contributed by atoms with E-state index >= 15 is 0 Å². The normalized spacial score (nSPS) is 12.5. The Balaban J connectivity index is 2.37. The molecule has 0 radical (unpaired) electrons. The molecule has 0 aromatic carbocycles. The molecule has 1 unspecified atom stereocenters. The molecule has 0 aliphatic rings. The lowest BCUT2D eigenvalue weighted by Crippen LogP contribution is -2.27. The van der Waals surface area contributed by atoms with Crippen molar-refractivity contribution in [2.75, 3.05) is 0 Å². The zero-order valence-corrected chi connectivity index (χ0v) is 10.7. The van der Waals surface area contributed by atoms with Crippen LogP contribution in [0.5, 0.6) is 0 Å². The lowest BCUT2D eigenvalue weighted by atomic mass is 10.1.